The first-order valence-electron chi connectivity index (χ1n) is 12.8. The van der Waals surface area contributed by atoms with Crippen LogP contribution in [0.3, 0.4) is 0 Å². The summed E-state index contributed by atoms with van der Waals surface area (Å²) in [5, 5.41) is 3.48. The van der Waals surface area contributed by atoms with Gasteiger partial charge in [0, 0.05) is 21.7 Å². The highest BCUT2D eigenvalue weighted by atomic mass is 127. The molecular formula is C29H33ClIN3O4S. The molecule has 0 aliphatic rings. The molecule has 3 aromatic rings. The maximum Gasteiger partial charge on any atom is 0.264 e. The number of hydrogen-bond donors (Lipinski definition) is 1. The zero-order valence-corrected chi connectivity index (χ0v) is 25.7. The van der Waals surface area contributed by atoms with Crippen molar-refractivity contribution in [2.45, 2.75) is 50.6 Å². The average molecular weight is 682 g/mol. The Morgan fingerprint density at radius 2 is 1.59 bits per heavy atom. The van der Waals surface area contributed by atoms with Gasteiger partial charge in [-0.2, -0.15) is 0 Å². The Kier molecular flexibility index (Phi) is 11.6. The van der Waals surface area contributed by atoms with Gasteiger partial charge < -0.3 is 10.2 Å². The number of benzene rings is 3. The maximum absolute atomic E-state index is 14.0. The van der Waals surface area contributed by atoms with E-state index in [2.05, 4.69) is 27.9 Å². The first-order valence-corrected chi connectivity index (χ1v) is 15.7. The summed E-state index contributed by atoms with van der Waals surface area (Å²) in [7, 11) is -4.08. The van der Waals surface area contributed by atoms with Crippen molar-refractivity contribution in [1.82, 2.24) is 10.2 Å². The first kappa shape index (κ1) is 30.9. The van der Waals surface area contributed by atoms with Crippen LogP contribution in [-0.2, 0) is 26.2 Å². The van der Waals surface area contributed by atoms with Gasteiger partial charge in [-0.05, 0) is 89.5 Å². The highest BCUT2D eigenvalue weighted by Gasteiger charge is 2.33. The predicted octanol–water partition coefficient (Wildman–Crippen LogP) is 5.86. The Morgan fingerprint density at radius 3 is 2.18 bits per heavy atom. The van der Waals surface area contributed by atoms with Crippen LogP contribution in [-0.4, -0.2) is 44.3 Å². The minimum Gasteiger partial charge on any atom is -0.354 e. The molecule has 0 aliphatic carbocycles. The molecule has 0 aromatic heterocycles. The molecule has 10 heteroatoms. The van der Waals surface area contributed by atoms with Gasteiger partial charge in [-0.15, -0.1) is 0 Å². The number of hydrogen-bond acceptors (Lipinski definition) is 4. The van der Waals surface area contributed by atoms with E-state index in [4.69, 9.17) is 11.6 Å². The summed E-state index contributed by atoms with van der Waals surface area (Å²) in [4.78, 5) is 28.7. The molecule has 0 fully saturated rings. The molecule has 0 heterocycles. The quantitative estimate of drug-likeness (QED) is 0.181. The second-order valence-electron chi connectivity index (χ2n) is 9.02. The lowest BCUT2D eigenvalue weighted by Gasteiger charge is -2.33. The zero-order valence-electron chi connectivity index (χ0n) is 22.0. The van der Waals surface area contributed by atoms with Gasteiger partial charge in [-0.25, -0.2) is 8.42 Å². The van der Waals surface area contributed by atoms with Gasteiger partial charge in [0.25, 0.3) is 10.0 Å². The number of anilines is 1. The Morgan fingerprint density at radius 1 is 0.949 bits per heavy atom. The fourth-order valence-corrected chi connectivity index (χ4v) is 5.99. The number of nitrogens with zero attached hydrogens (tertiary/aromatic N) is 2. The number of rotatable bonds is 13. The second kappa shape index (κ2) is 14.7. The molecule has 39 heavy (non-hydrogen) atoms. The average Bonchev–Trinajstić information content (AvgIpc) is 2.93. The summed E-state index contributed by atoms with van der Waals surface area (Å²) in [6, 6.07) is 21.2. The van der Waals surface area contributed by atoms with Crippen molar-refractivity contribution in [3.05, 3.63) is 93.0 Å². The van der Waals surface area contributed by atoms with Crippen molar-refractivity contribution in [3.63, 3.8) is 0 Å². The standard InChI is InChI=1S/C29H33ClIN3O4S/c1-3-5-19-32-29(36)27(4-2)33(20-22-11-13-23(30)14-12-22)28(35)21-34(25-17-15-24(31)16-18-25)39(37,38)26-9-7-6-8-10-26/h6-18,27H,3-5,19-21H2,1-2H3,(H,32,36)/t27-/m0/s1. The maximum atomic E-state index is 14.0. The number of carbonyl (C=O) groups is 2. The van der Waals surface area contributed by atoms with Crippen LogP contribution in [0.5, 0.6) is 0 Å². The van der Waals surface area contributed by atoms with Crippen LogP contribution in [0.15, 0.2) is 83.8 Å². The molecule has 0 unspecified atom stereocenters. The molecule has 7 nitrogen and oxygen atoms in total. The number of sulfonamides is 1. The highest BCUT2D eigenvalue weighted by Crippen LogP contribution is 2.25. The van der Waals surface area contributed by atoms with Crippen molar-refractivity contribution < 1.29 is 18.0 Å². The molecule has 1 N–H and O–H groups in total. The van der Waals surface area contributed by atoms with Crippen LogP contribution in [0.25, 0.3) is 0 Å². The zero-order chi connectivity index (χ0) is 28.4. The third kappa shape index (κ3) is 8.43. The Balaban J connectivity index is 2.01. The summed E-state index contributed by atoms with van der Waals surface area (Å²) >= 11 is 8.20. The van der Waals surface area contributed by atoms with E-state index in [1.165, 1.54) is 17.0 Å². The summed E-state index contributed by atoms with van der Waals surface area (Å²) in [6.45, 7) is 4.04. The number of nitrogens with one attached hydrogen (secondary N) is 1. The number of carbonyl (C=O) groups excluding carboxylic acids is 2. The lowest BCUT2D eigenvalue weighted by atomic mass is 10.1. The molecule has 0 aliphatic heterocycles. The SMILES string of the molecule is CCCCNC(=O)[C@H](CC)N(Cc1ccc(Cl)cc1)C(=O)CN(c1ccc(I)cc1)S(=O)(=O)c1ccccc1. The van der Waals surface area contributed by atoms with Crippen molar-refractivity contribution in [2.75, 3.05) is 17.4 Å². The third-order valence-corrected chi connectivity index (χ3v) is 8.97. The fourth-order valence-electron chi connectivity index (χ4n) is 4.07. The number of halogens is 2. The summed E-state index contributed by atoms with van der Waals surface area (Å²) in [6.07, 6.45) is 2.11. The van der Waals surface area contributed by atoms with Crippen molar-refractivity contribution in [1.29, 1.82) is 0 Å². The van der Waals surface area contributed by atoms with E-state index in [1.54, 1.807) is 66.7 Å². The molecule has 0 saturated heterocycles. The van der Waals surface area contributed by atoms with E-state index in [9.17, 15) is 18.0 Å². The van der Waals surface area contributed by atoms with E-state index >= 15 is 0 Å². The van der Waals surface area contributed by atoms with Crippen molar-refractivity contribution >= 4 is 61.7 Å². The monoisotopic (exact) mass is 681 g/mol. The lowest BCUT2D eigenvalue weighted by Crippen LogP contribution is -2.52. The molecule has 0 bridgehead atoms. The summed E-state index contributed by atoms with van der Waals surface area (Å²) < 4.78 is 29.6. The van der Waals surface area contributed by atoms with E-state index in [-0.39, 0.29) is 17.3 Å². The molecule has 0 radical (unpaired) electrons. The minimum atomic E-state index is -4.08. The van der Waals surface area contributed by atoms with Crippen molar-refractivity contribution in [3.8, 4) is 0 Å². The second-order valence-corrected chi connectivity index (χ2v) is 12.6. The van der Waals surface area contributed by atoms with Crippen LogP contribution in [0.4, 0.5) is 5.69 Å². The lowest BCUT2D eigenvalue weighted by molar-refractivity contribution is -0.140. The largest absolute Gasteiger partial charge is 0.354 e. The van der Waals surface area contributed by atoms with Crippen LogP contribution >= 0.6 is 34.2 Å². The van der Waals surface area contributed by atoms with E-state index in [1.807, 2.05) is 13.8 Å². The number of amides is 2. The molecule has 3 rings (SSSR count). The molecule has 1 atom stereocenters. The first-order chi connectivity index (χ1) is 18.7. The molecule has 208 valence electrons. The van der Waals surface area contributed by atoms with Crippen LogP contribution in [0.2, 0.25) is 5.02 Å². The highest BCUT2D eigenvalue weighted by molar-refractivity contribution is 14.1. The molecule has 0 saturated carbocycles. The van der Waals surface area contributed by atoms with Gasteiger partial charge in [0.1, 0.15) is 12.6 Å². The van der Waals surface area contributed by atoms with E-state index in [0.717, 1.165) is 26.3 Å². The molecule has 2 amide bonds. The van der Waals surface area contributed by atoms with Gasteiger partial charge in [0.05, 0.1) is 10.6 Å². The van der Waals surface area contributed by atoms with Gasteiger partial charge in [-0.1, -0.05) is 62.2 Å². The normalized spacial score (nSPS) is 12.0. The summed E-state index contributed by atoms with van der Waals surface area (Å²) in [5.41, 5.74) is 1.14. The van der Waals surface area contributed by atoms with Crippen LogP contribution < -0.4 is 9.62 Å². The smallest absolute Gasteiger partial charge is 0.264 e. The number of unbranched alkanes of at least 4 members (excludes halogenated alkanes) is 1. The fraction of sp³-hybridized carbons (Fsp3) is 0.310. The Hall–Kier alpha value is -2.63. The predicted molar refractivity (Wildman–Crippen MR) is 164 cm³/mol. The third-order valence-electron chi connectivity index (χ3n) is 6.21. The van der Waals surface area contributed by atoms with Crippen molar-refractivity contribution in [2.24, 2.45) is 0 Å². The topological polar surface area (TPSA) is 86.8 Å². The van der Waals surface area contributed by atoms with E-state index in [0.29, 0.717) is 23.7 Å². The van der Waals surface area contributed by atoms with E-state index < -0.39 is 28.5 Å². The van der Waals surface area contributed by atoms with Gasteiger partial charge >= 0.3 is 0 Å². The summed E-state index contributed by atoms with van der Waals surface area (Å²) in [5.74, 6) is -0.750. The van der Waals surface area contributed by atoms with Gasteiger partial charge in [0.2, 0.25) is 11.8 Å². The van der Waals surface area contributed by atoms with Crippen LogP contribution in [0, 0.1) is 3.57 Å². The Labute approximate surface area is 249 Å². The van der Waals surface area contributed by atoms with Gasteiger partial charge in [-0.3, -0.25) is 13.9 Å². The molecular weight excluding hydrogens is 649 g/mol. The van der Waals surface area contributed by atoms with Gasteiger partial charge in [0.15, 0.2) is 0 Å². The Bertz CT molecular complexity index is 1340. The molecule has 3 aromatic carbocycles. The van der Waals surface area contributed by atoms with Crippen LogP contribution in [0.1, 0.15) is 38.7 Å². The minimum absolute atomic E-state index is 0.0740. The molecule has 0 spiro atoms.